The molecule has 2 aromatic carbocycles. The standard InChI is InChI=1S/C24H31N3O2/c1-2-25-18-20-9-6-10-22(17-20)26-24(29)21-13-15-27(16-14-21)23(28)12-11-19-7-4-3-5-8-19/h3-10,17,21,25H,2,11-16,18H2,1H3,(H,26,29). The van der Waals surface area contributed by atoms with E-state index in [4.69, 9.17) is 0 Å². The molecule has 0 bridgehead atoms. The van der Waals surface area contributed by atoms with Crippen molar-refractivity contribution in [2.24, 2.45) is 5.92 Å². The van der Waals surface area contributed by atoms with Crippen LogP contribution in [0.25, 0.3) is 0 Å². The first-order chi connectivity index (χ1) is 14.2. The molecule has 2 N–H and O–H groups in total. The summed E-state index contributed by atoms with van der Waals surface area (Å²) in [4.78, 5) is 27.0. The van der Waals surface area contributed by atoms with Gasteiger partial charge in [0, 0.05) is 37.7 Å². The zero-order valence-electron chi connectivity index (χ0n) is 17.2. The Bertz CT molecular complexity index is 799. The molecule has 29 heavy (non-hydrogen) atoms. The van der Waals surface area contributed by atoms with Gasteiger partial charge in [-0.2, -0.15) is 0 Å². The topological polar surface area (TPSA) is 61.4 Å². The summed E-state index contributed by atoms with van der Waals surface area (Å²) in [5.41, 5.74) is 3.18. The van der Waals surface area contributed by atoms with Crippen LogP contribution in [-0.2, 0) is 22.6 Å². The van der Waals surface area contributed by atoms with Gasteiger partial charge < -0.3 is 15.5 Å². The SMILES string of the molecule is CCNCc1cccc(NC(=O)C2CCN(C(=O)CCc3ccccc3)CC2)c1. The minimum atomic E-state index is -0.0365. The van der Waals surface area contributed by atoms with Crippen molar-refractivity contribution in [3.8, 4) is 0 Å². The molecular weight excluding hydrogens is 362 g/mol. The summed E-state index contributed by atoms with van der Waals surface area (Å²) in [7, 11) is 0. The van der Waals surface area contributed by atoms with Gasteiger partial charge in [0.1, 0.15) is 0 Å². The Balaban J connectivity index is 1.44. The second-order valence-corrected chi connectivity index (χ2v) is 7.61. The summed E-state index contributed by atoms with van der Waals surface area (Å²) in [6.45, 7) is 5.10. The van der Waals surface area contributed by atoms with E-state index in [1.165, 1.54) is 5.56 Å². The molecule has 2 aromatic rings. The Morgan fingerprint density at radius 1 is 1.00 bits per heavy atom. The van der Waals surface area contributed by atoms with E-state index in [1.807, 2.05) is 41.3 Å². The molecule has 2 amide bonds. The average Bonchev–Trinajstić information content (AvgIpc) is 2.77. The van der Waals surface area contributed by atoms with E-state index in [-0.39, 0.29) is 17.7 Å². The number of carbonyl (C=O) groups is 2. The molecule has 5 nitrogen and oxygen atoms in total. The van der Waals surface area contributed by atoms with Gasteiger partial charge in [-0.1, -0.05) is 49.4 Å². The number of hydrogen-bond acceptors (Lipinski definition) is 3. The van der Waals surface area contributed by atoms with Crippen molar-refractivity contribution < 1.29 is 9.59 Å². The minimum absolute atomic E-state index is 0.0365. The molecule has 3 rings (SSSR count). The lowest BCUT2D eigenvalue weighted by Crippen LogP contribution is -2.41. The Hall–Kier alpha value is -2.66. The molecule has 0 aliphatic carbocycles. The van der Waals surface area contributed by atoms with Crippen molar-refractivity contribution in [2.75, 3.05) is 25.0 Å². The summed E-state index contributed by atoms with van der Waals surface area (Å²) in [5.74, 6) is 0.205. The lowest BCUT2D eigenvalue weighted by atomic mass is 9.95. The molecule has 0 spiro atoms. The van der Waals surface area contributed by atoms with Gasteiger partial charge in [-0.3, -0.25) is 9.59 Å². The zero-order valence-corrected chi connectivity index (χ0v) is 17.2. The summed E-state index contributed by atoms with van der Waals surface area (Å²) in [6.07, 6.45) is 2.74. The van der Waals surface area contributed by atoms with E-state index in [1.54, 1.807) is 0 Å². The maximum absolute atomic E-state index is 12.6. The molecule has 0 aromatic heterocycles. The van der Waals surface area contributed by atoms with Crippen LogP contribution in [0.5, 0.6) is 0 Å². The Labute approximate surface area is 173 Å². The third-order valence-corrected chi connectivity index (χ3v) is 5.46. The van der Waals surface area contributed by atoms with Crippen molar-refractivity contribution in [2.45, 2.75) is 39.2 Å². The monoisotopic (exact) mass is 393 g/mol. The van der Waals surface area contributed by atoms with Gasteiger partial charge in [0.2, 0.25) is 11.8 Å². The number of anilines is 1. The first-order valence-corrected chi connectivity index (χ1v) is 10.6. The highest BCUT2D eigenvalue weighted by Gasteiger charge is 2.27. The van der Waals surface area contributed by atoms with Crippen LogP contribution in [0.3, 0.4) is 0 Å². The van der Waals surface area contributed by atoms with Crippen molar-refractivity contribution in [1.82, 2.24) is 10.2 Å². The van der Waals surface area contributed by atoms with Crippen LogP contribution in [-0.4, -0.2) is 36.3 Å². The van der Waals surface area contributed by atoms with Crippen molar-refractivity contribution in [3.63, 3.8) is 0 Å². The molecule has 1 saturated heterocycles. The van der Waals surface area contributed by atoms with E-state index < -0.39 is 0 Å². The lowest BCUT2D eigenvalue weighted by Gasteiger charge is -2.31. The number of nitrogens with zero attached hydrogens (tertiary/aromatic N) is 1. The Morgan fingerprint density at radius 2 is 1.72 bits per heavy atom. The summed E-state index contributed by atoms with van der Waals surface area (Å²) in [6, 6.07) is 18.1. The molecule has 0 radical (unpaired) electrons. The van der Waals surface area contributed by atoms with Crippen molar-refractivity contribution in [3.05, 3.63) is 65.7 Å². The number of nitrogens with one attached hydrogen (secondary N) is 2. The fraction of sp³-hybridized carbons (Fsp3) is 0.417. The highest BCUT2D eigenvalue weighted by Crippen LogP contribution is 2.21. The second kappa shape index (κ2) is 10.8. The van der Waals surface area contributed by atoms with E-state index in [9.17, 15) is 9.59 Å². The maximum Gasteiger partial charge on any atom is 0.227 e. The van der Waals surface area contributed by atoms with Crippen molar-refractivity contribution in [1.29, 1.82) is 0 Å². The summed E-state index contributed by atoms with van der Waals surface area (Å²) >= 11 is 0. The van der Waals surface area contributed by atoms with Gasteiger partial charge in [0.05, 0.1) is 0 Å². The van der Waals surface area contributed by atoms with Crippen LogP contribution >= 0.6 is 0 Å². The van der Waals surface area contributed by atoms with Gasteiger partial charge in [-0.25, -0.2) is 0 Å². The summed E-state index contributed by atoms with van der Waals surface area (Å²) in [5, 5.41) is 6.34. The quantitative estimate of drug-likeness (QED) is 0.720. The van der Waals surface area contributed by atoms with E-state index in [0.717, 1.165) is 43.6 Å². The lowest BCUT2D eigenvalue weighted by molar-refractivity contribution is -0.134. The van der Waals surface area contributed by atoms with E-state index in [2.05, 4.69) is 35.8 Å². The highest BCUT2D eigenvalue weighted by atomic mass is 16.2. The largest absolute Gasteiger partial charge is 0.343 e. The van der Waals surface area contributed by atoms with Crippen LogP contribution in [0.15, 0.2) is 54.6 Å². The molecule has 5 heteroatoms. The smallest absolute Gasteiger partial charge is 0.227 e. The van der Waals surface area contributed by atoms with Gasteiger partial charge in [0.15, 0.2) is 0 Å². The van der Waals surface area contributed by atoms with Crippen LogP contribution in [0, 0.1) is 5.92 Å². The zero-order chi connectivity index (χ0) is 20.5. The first-order valence-electron chi connectivity index (χ1n) is 10.6. The van der Waals surface area contributed by atoms with Crippen molar-refractivity contribution >= 4 is 17.5 Å². The predicted molar refractivity (Wildman–Crippen MR) is 117 cm³/mol. The summed E-state index contributed by atoms with van der Waals surface area (Å²) < 4.78 is 0. The van der Waals surface area contributed by atoms with Crippen LogP contribution in [0.2, 0.25) is 0 Å². The third kappa shape index (κ3) is 6.43. The van der Waals surface area contributed by atoms with Crippen LogP contribution < -0.4 is 10.6 Å². The predicted octanol–water partition coefficient (Wildman–Crippen LogP) is 3.61. The number of likely N-dealkylation sites (tertiary alicyclic amines) is 1. The number of carbonyl (C=O) groups excluding carboxylic acids is 2. The number of amides is 2. The normalized spacial score (nSPS) is 14.6. The second-order valence-electron chi connectivity index (χ2n) is 7.61. The molecule has 1 aliphatic rings. The van der Waals surface area contributed by atoms with E-state index in [0.29, 0.717) is 19.5 Å². The Morgan fingerprint density at radius 3 is 2.45 bits per heavy atom. The van der Waals surface area contributed by atoms with Crippen LogP contribution in [0.4, 0.5) is 5.69 Å². The number of benzene rings is 2. The maximum atomic E-state index is 12.6. The molecular formula is C24H31N3O2. The van der Waals surface area contributed by atoms with E-state index >= 15 is 0 Å². The molecule has 0 unspecified atom stereocenters. The van der Waals surface area contributed by atoms with Gasteiger partial charge >= 0.3 is 0 Å². The average molecular weight is 394 g/mol. The van der Waals surface area contributed by atoms with Crippen LogP contribution in [0.1, 0.15) is 37.3 Å². The van der Waals surface area contributed by atoms with Gasteiger partial charge in [-0.05, 0) is 49.1 Å². The molecule has 154 valence electrons. The molecule has 1 heterocycles. The molecule has 1 aliphatic heterocycles. The highest BCUT2D eigenvalue weighted by molar-refractivity contribution is 5.92. The fourth-order valence-corrected chi connectivity index (χ4v) is 3.72. The molecule has 1 fully saturated rings. The number of aryl methyl sites for hydroxylation is 1. The Kier molecular flexibility index (Phi) is 7.82. The number of hydrogen-bond donors (Lipinski definition) is 2. The number of piperidine rings is 1. The number of rotatable bonds is 8. The van der Waals surface area contributed by atoms with Gasteiger partial charge in [0.25, 0.3) is 0 Å². The fourth-order valence-electron chi connectivity index (χ4n) is 3.72. The van der Waals surface area contributed by atoms with Gasteiger partial charge in [-0.15, -0.1) is 0 Å². The molecule has 0 saturated carbocycles. The third-order valence-electron chi connectivity index (χ3n) is 5.46. The minimum Gasteiger partial charge on any atom is -0.343 e. The first kappa shape index (κ1) is 21.1. The molecule has 0 atom stereocenters.